The van der Waals surface area contributed by atoms with Gasteiger partial charge in [-0.2, -0.15) is 0 Å². The van der Waals surface area contributed by atoms with Crippen molar-refractivity contribution in [2.45, 2.75) is 32.4 Å². The molecule has 7 nitrogen and oxygen atoms in total. The molecule has 0 saturated carbocycles. The number of hydrogen-bond donors (Lipinski definition) is 0. The van der Waals surface area contributed by atoms with Crippen molar-refractivity contribution in [1.82, 2.24) is 9.80 Å². The van der Waals surface area contributed by atoms with Gasteiger partial charge in [-0.3, -0.25) is 4.79 Å². The van der Waals surface area contributed by atoms with Crippen LogP contribution in [0.3, 0.4) is 0 Å². The second-order valence-corrected chi connectivity index (χ2v) is 6.70. The van der Waals surface area contributed by atoms with Gasteiger partial charge in [0.1, 0.15) is 6.61 Å². The number of carbonyl (C=O) groups excluding carboxylic acids is 3. The number of amides is 3. The number of fused-ring (bicyclic) bond motifs is 2. The number of nitrogens with zero attached hydrogens (tertiary/aromatic N) is 2. The molecular formula is C16H22N2O5. The molecule has 0 unspecified atom stereocenters. The SMILES string of the molecule is COC(=O)N1C[C@H]2C=C[C@@H]1[C@@H](C(=O)N1C(=O)OC[C@@H]1C(C)C)C2. The first kappa shape index (κ1) is 15.8. The average Bonchev–Trinajstić information content (AvgIpc) is 2.95. The molecule has 0 aromatic heterocycles. The van der Waals surface area contributed by atoms with Crippen LogP contribution < -0.4 is 0 Å². The summed E-state index contributed by atoms with van der Waals surface area (Å²) in [5.74, 6) is -0.438. The van der Waals surface area contributed by atoms with Crippen molar-refractivity contribution < 1.29 is 23.9 Å². The first-order valence-electron chi connectivity index (χ1n) is 7.96. The lowest BCUT2D eigenvalue weighted by Crippen LogP contribution is -2.58. The Bertz CT molecular complexity index is 559. The molecule has 0 radical (unpaired) electrons. The molecule has 4 aliphatic rings. The van der Waals surface area contributed by atoms with E-state index in [0.29, 0.717) is 13.0 Å². The molecule has 0 spiro atoms. The van der Waals surface area contributed by atoms with Crippen LogP contribution in [0.4, 0.5) is 9.59 Å². The van der Waals surface area contributed by atoms with Crippen LogP contribution >= 0.6 is 0 Å². The molecule has 126 valence electrons. The minimum atomic E-state index is -0.580. The van der Waals surface area contributed by atoms with E-state index in [1.807, 2.05) is 26.0 Å². The number of methoxy groups -OCH3 is 1. The molecule has 3 amide bonds. The maximum absolute atomic E-state index is 13.0. The predicted molar refractivity (Wildman–Crippen MR) is 80.5 cm³/mol. The Morgan fingerprint density at radius 1 is 1.35 bits per heavy atom. The topological polar surface area (TPSA) is 76.2 Å². The summed E-state index contributed by atoms with van der Waals surface area (Å²) in [4.78, 5) is 39.8. The Morgan fingerprint density at radius 2 is 2.09 bits per heavy atom. The quantitative estimate of drug-likeness (QED) is 0.722. The molecule has 2 bridgehead atoms. The second kappa shape index (κ2) is 5.86. The van der Waals surface area contributed by atoms with E-state index in [0.717, 1.165) is 0 Å². The molecule has 23 heavy (non-hydrogen) atoms. The third-order valence-corrected chi connectivity index (χ3v) is 4.98. The standard InChI is InChI=1S/C16H22N2O5/c1-9(2)13-8-23-16(21)18(13)14(19)11-6-10-4-5-12(11)17(7-10)15(20)22-3/h4-5,9-13H,6-8H2,1-3H3/t10-,11-,12+,13+/m0/s1. The molecule has 4 atom stereocenters. The zero-order valence-corrected chi connectivity index (χ0v) is 13.6. The normalized spacial score (nSPS) is 32.4. The van der Waals surface area contributed by atoms with E-state index in [-0.39, 0.29) is 36.4 Å². The van der Waals surface area contributed by atoms with Gasteiger partial charge < -0.3 is 14.4 Å². The predicted octanol–water partition coefficient (Wildman–Crippen LogP) is 1.63. The van der Waals surface area contributed by atoms with Gasteiger partial charge in [-0.05, 0) is 18.3 Å². The lowest BCUT2D eigenvalue weighted by molar-refractivity contribution is -0.137. The molecule has 2 fully saturated rings. The van der Waals surface area contributed by atoms with Crippen LogP contribution in [-0.2, 0) is 14.3 Å². The smallest absolute Gasteiger partial charge is 0.416 e. The Balaban J connectivity index is 1.83. The maximum Gasteiger partial charge on any atom is 0.416 e. The summed E-state index contributed by atoms with van der Waals surface area (Å²) in [5.41, 5.74) is 0. The van der Waals surface area contributed by atoms with Crippen molar-refractivity contribution in [3.05, 3.63) is 12.2 Å². The Labute approximate surface area is 135 Å². The monoisotopic (exact) mass is 322 g/mol. The van der Waals surface area contributed by atoms with Crippen LogP contribution in [-0.4, -0.2) is 60.2 Å². The van der Waals surface area contributed by atoms with Crippen LogP contribution in [0.15, 0.2) is 12.2 Å². The molecule has 3 heterocycles. The zero-order chi connectivity index (χ0) is 16.7. The fraction of sp³-hybridized carbons (Fsp3) is 0.688. The first-order valence-corrected chi connectivity index (χ1v) is 7.96. The zero-order valence-electron chi connectivity index (χ0n) is 13.6. The molecule has 4 rings (SSSR count). The summed E-state index contributed by atoms with van der Waals surface area (Å²) in [6.45, 7) is 4.70. The number of carbonyl (C=O) groups is 3. The van der Waals surface area contributed by atoms with Gasteiger partial charge in [-0.25, -0.2) is 14.5 Å². The minimum absolute atomic E-state index is 0.115. The Morgan fingerprint density at radius 3 is 2.70 bits per heavy atom. The molecule has 2 saturated heterocycles. The van der Waals surface area contributed by atoms with Crippen molar-refractivity contribution in [2.75, 3.05) is 20.3 Å². The number of hydrogen-bond acceptors (Lipinski definition) is 5. The van der Waals surface area contributed by atoms with Crippen molar-refractivity contribution >= 4 is 18.1 Å². The van der Waals surface area contributed by atoms with Crippen LogP contribution in [0.5, 0.6) is 0 Å². The molecule has 7 heteroatoms. The second-order valence-electron chi connectivity index (χ2n) is 6.70. The molecule has 1 aliphatic carbocycles. The van der Waals surface area contributed by atoms with E-state index >= 15 is 0 Å². The molecule has 3 aliphatic heterocycles. The fourth-order valence-corrected chi connectivity index (χ4v) is 3.70. The van der Waals surface area contributed by atoms with Gasteiger partial charge >= 0.3 is 12.2 Å². The molecule has 0 aromatic carbocycles. The summed E-state index contributed by atoms with van der Waals surface area (Å²) < 4.78 is 9.88. The van der Waals surface area contributed by atoms with E-state index in [1.54, 1.807) is 4.90 Å². The van der Waals surface area contributed by atoms with E-state index in [4.69, 9.17) is 9.47 Å². The first-order chi connectivity index (χ1) is 10.9. The molecule has 0 N–H and O–H groups in total. The third-order valence-electron chi connectivity index (χ3n) is 4.98. The van der Waals surface area contributed by atoms with Crippen LogP contribution in [0.2, 0.25) is 0 Å². The highest BCUT2D eigenvalue weighted by atomic mass is 16.6. The lowest BCUT2D eigenvalue weighted by Gasteiger charge is -2.45. The molecule has 0 aromatic rings. The van der Waals surface area contributed by atoms with Crippen molar-refractivity contribution in [1.29, 1.82) is 0 Å². The summed E-state index contributed by atoms with van der Waals surface area (Å²) in [6, 6.07) is -0.604. The van der Waals surface area contributed by atoms with E-state index in [2.05, 4.69) is 0 Å². The van der Waals surface area contributed by atoms with Crippen LogP contribution in [0, 0.1) is 17.8 Å². The number of piperidine rings is 1. The molecular weight excluding hydrogens is 300 g/mol. The average molecular weight is 322 g/mol. The van der Waals surface area contributed by atoms with E-state index in [1.165, 1.54) is 12.0 Å². The number of ether oxygens (including phenoxy) is 2. The minimum Gasteiger partial charge on any atom is -0.453 e. The van der Waals surface area contributed by atoms with Crippen LogP contribution in [0.1, 0.15) is 20.3 Å². The highest BCUT2D eigenvalue weighted by Gasteiger charge is 2.49. The number of imide groups is 1. The Hall–Kier alpha value is -2.05. The Kier molecular flexibility index (Phi) is 4.04. The fourth-order valence-electron chi connectivity index (χ4n) is 3.70. The van der Waals surface area contributed by atoms with Gasteiger partial charge in [0.15, 0.2) is 0 Å². The highest BCUT2D eigenvalue weighted by molar-refractivity contribution is 5.95. The van der Waals surface area contributed by atoms with E-state index < -0.39 is 18.1 Å². The highest BCUT2D eigenvalue weighted by Crippen LogP contribution is 2.37. The van der Waals surface area contributed by atoms with Gasteiger partial charge in [0.2, 0.25) is 5.91 Å². The largest absolute Gasteiger partial charge is 0.453 e. The van der Waals surface area contributed by atoms with Gasteiger partial charge in [-0.15, -0.1) is 0 Å². The lowest BCUT2D eigenvalue weighted by atomic mass is 9.77. The van der Waals surface area contributed by atoms with E-state index in [9.17, 15) is 14.4 Å². The van der Waals surface area contributed by atoms with Crippen molar-refractivity contribution in [3.8, 4) is 0 Å². The van der Waals surface area contributed by atoms with Gasteiger partial charge in [0.05, 0.1) is 25.1 Å². The number of rotatable bonds is 2. The summed E-state index contributed by atoms with van der Waals surface area (Å²) >= 11 is 0. The maximum atomic E-state index is 13.0. The number of cyclic esters (lactones) is 1. The summed E-state index contributed by atoms with van der Waals surface area (Å²) in [7, 11) is 1.33. The van der Waals surface area contributed by atoms with Crippen molar-refractivity contribution in [2.24, 2.45) is 17.8 Å². The van der Waals surface area contributed by atoms with Crippen molar-refractivity contribution in [3.63, 3.8) is 0 Å². The van der Waals surface area contributed by atoms with Gasteiger partial charge in [0.25, 0.3) is 0 Å². The summed E-state index contributed by atoms with van der Waals surface area (Å²) in [5, 5.41) is 0. The van der Waals surface area contributed by atoms with Crippen LogP contribution in [0.25, 0.3) is 0 Å². The summed E-state index contributed by atoms with van der Waals surface area (Å²) in [6.07, 6.45) is 3.54. The third kappa shape index (κ3) is 2.58. The van der Waals surface area contributed by atoms with Gasteiger partial charge in [0, 0.05) is 6.54 Å². The van der Waals surface area contributed by atoms with Gasteiger partial charge in [-0.1, -0.05) is 26.0 Å².